The molecule has 17 heavy (non-hydrogen) atoms. The topological polar surface area (TPSA) is 61.1 Å². The molecule has 0 bridgehead atoms. The molecule has 3 nitrogen and oxygen atoms in total. The Labute approximate surface area is 101 Å². The zero-order valence-electron chi connectivity index (χ0n) is 8.70. The fourth-order valence-corrected chi connectivity index (χ4v) is 0.560. The van der Waals surface area contributed by atoms with E-state index in [1.54, 1.807) is 6.07 Å². The molecule has 0 saturated heterocycles. The summed E-state index contributed by atoms with van der Waals surface area (Å²) in [6.07, 6.45) is -5.08. The van der Waals surface area contributed by atoms with Crippen LogP contribution < -0.4 is 0 Å². The molecular formula is C10H9ClF3NO2. The highest BCUT2D eigenvalue weighted by molar-refractivity contribution is 6.30. The third-order valence-electron chi connectivity index (χ3n) is 0.976. The lowest BCUT2D eigenvalue weighted by Crippen LogP contribution is -2.21. The molecule has 0 unspecified atom stereocenters. The highest BCUT2D eigenvalue weighted by Gasteiger charge is 2.38. The van der Waals surface area contributed by atoms with Gasteiger partial charge in [-0.2, -0.15) is 18.4 Å². The van der Waals surface area contributed by atoms with Crippen LogP contribution in [0.2, 0.25) is 5.02 Å². The molecule has 0 aromatic heterocycles. The molecule has 0 aliphatic heterocycles. The number of carboxylic acid groups (broad SMARTS) is 1. The van der Waals surface area contributed by atoms with Crippen molar-refractivity contribution < 1.29 is 23.1 Å². The van der Waals surface area contributed by atoms with E-state index in [1.807, 2.05) is 30.3 Å². The lowest BCUT2D eigenvalue weighted by Gasteiger charge is -1.93. The molecule has 0 spiro atoms. The van der Waals surface area contributed by atoms with Gasteiger partial charge in [0.25, 0.3) is 0 Å². The maximum absolute atomic E-state index is 10.6. The van der Waals surface area contributed by atoms with Crippen LogP contribution in [-0.2, 0) is 4.79 Å². The number of nitrogens with zero attached hydrogens (tertiary/aromatic N) is 1. The van der Waals surface area contributed by atoms with E-state index in [2.05, 4.69) is 0 Å². The van der Waals surface area contributed by atoms with Gasteiger partial charge in [0.05, 0.1) is 6.07 Å². The van der Waals surface area contributed by atoms with Gasteiger partial charge in [0.15, 0.2) is 0 Å². The number of aliphatic carboxylic acids is 1. The predicted molar refractivity (Wildman–Crippen MR) is 56.4 cm³/mol. The number of halogens is 4. The normalized spacial score (nSPS) is 8.71. The summed E-state index contributed by atoms with van der Waals surface area (Å²) in [4.78, 5) is 8.90. The van der Waals surface area contributed by atoms with Crippen LogP contribution in [0, 0.1) is 11.3 Å². The predicted octanol–water partition coefficient (Wildman–Crippen LogP) is 3.50. The smallest absolute Gasteiger partial charge is 0.475 e. The summed E-state index contributed by atoms with van der Waals surface area (Å²) >= 11 is 5.54. The summed E-state index contributed by atoms with van der Waals surface area (Å²) in [6.45, 7) is 1.43. The average Bonchev–Trinajstić information content (AvgIpc) is 2.19. The Morgan fingerprint density at radius 1 is 1.35 bits per heavy atom. The van der Waals surface area contributed by atoms with E-state index in [-0.39, 0.29) is 0 Å². The molecule has 0 aliphatic carbocycles. The van der Waals surface area contributed by atoms with Gasteiger partial charge in [0, 0.05) is 11.9 Å². The number of alkyl halides is 3. The lowest BCUT2D eigenvalue weighted by molar-refractivity contribution is -0.192. The fraction of sp³-hybridized carbons (Fsp3) is 0.200. The summed E-state index contributed by atoms with van der Waals surface area (Å²) in [5, 5.41) is 15.2. The first-order valence-corrected chi connectivity index (χ1v) is 4.45. The van der Waals surface area contributed by atoms with Crippen LogP contribution in [0.15, 0.2) is 30.3 Å². The van der Waals surface area contributed by atoms with Gasteiger partial charge in [-0.05, 0) is 12.1 Å². The highest BCUT2D eigenvalue weighted by Crippen LogP contribution is 2.13. The number of rotatable bonds is 0. The van der Waals surface area contributed by atoms with E-state index >= 15 is 0 Å². The van der Waals surface area contributed by atoms with Crippen LogP contribution in [0.1, 0.15) is 6.92 Å². The second kappa shape index (κ2) is 9.48. The summed E-state index contributed by atoms with van der Waals surface area (Å²) < 4.78 is 31.7. The van der Waals surface area contributed by atoms with Gasteiger partial charge >= 0.3 is 12.1 Å². The number of carbonyl (C=O) groups is 1. The molecule has 0 aliphatic rings. The van der Waals surface area contributed by atoms with Crippen molar-refractivity contribution in [1.82, 2.24) is 0 Å². The van der Waals surface area contributed by atoms with Crippen LogP contribution >= 0.6 is 11.6 Å². The second-order valence-electron chi connectivity index (χ2n) is 2.32. The van der Waals surface area contributed by atoms with E-state index in [1.165, 1.54) is 6.92 Å². The van der Waals surface area contributed by atoms with E-state index in [9.17, 15) is 13.2 Å². The molecule has 1 aromatic rings. The molecule has 1 N–H and O–H groups in total. The largest absolute Gasteiger partial charge is 0.490 e. The van der Waals surface area contributed by atoms with Gasteiger partial charge in [0.2, 0.25) is 0 Å². The summed E-state index contributed by atoms with van der Waals surface area (Å²) in [5.41, 5.74) is 0. The SMILES string of the molecule is CC#N.Clc1ccccc1.O=C(O)C(F)(F)F. The average molecular weight is 268 g/mol. The molecule has 1 rings (SSSR count). The number of nitriles is 1. The molecule has 0 radical (unpaired) electrons. The number of hydrogen-bond acceptors (Lipinski definition) is 2. The zero-order valence-corrected chi connectivity index (χ0v) is 9.46. The number of hydrogen-bond donors (Lipinski definition) is 1. The number of carboxylic acids is 1. The molecule has 0 heterocycles. The number of benzene rings is 1. The molecule has 0 saturated carbocycles. The quantitative estimate of drug-likeness (QED) is 0.782. The maximum atomic E-state index is 10.6. The molecule has 7 heteroatoms. The van der Waals surface area contributed by atoms with Crippen molar-refractivity contribution in [1.29, 1.82) is 5.26 Å². The fourth-order valence-electron chi connectivity index (χ4n) is 0.415. The molecule has 1 aromatic carbocycles. The van der Waals surface area contributed by atoms with Crippen molar-refractivity contribution in [2.45, 2.75) is 13.1 Å². The van der Waals surface area contributed by atoms with Crippen LogP contribution in [-0.4, -0.2) is 17.3 Å². The first-order valence-electron chi connectivity index (χ1n) is 4.07. The van der Waals surface area contributed by atoms with Gasteiger partial charge in [0.1, 0.15) is 0 Å². The van der Waals surface area contributed by atoms with E-state index in [0.29, 0.717) is 0 Å². The van der Waals surface area contributed by atoms with Crippen LogP contribution in [0.4, 0.5) is 13.2 Å². The summed E-state index contributed by atoms with van der Waals surface area (Å²) in [7, 11) is 0. The van der Waals surface area contributed by atoms with Crippen LogP contribution in [0.5, 0.6) is 0 Å². The molecule has 0 amide bonds. The third kappa shape index (κ3) is 14.3. The Morgan fingerprint density at radius 2 is 1.65 bits per heavy atom. The molecule has 0 atom stereocenters. The Kier molecular flexibility index (Phi) is 9.85. The van der Waals surface area contributed by atoms with Gasteiger partial charge in [-0.3, -0.25) is 0 Å². The van der Waals surface area contributed by atoms with E-state index < -0.39 is 12.1 Å². The minimum atomic E-state index is -5.08. The maximum Gasteiger partial charge on any atom is 0.490 e. The zero-order chi connectivity index (χ0) is 13.9. The van der Waals surface area contributed by atoms with Gasteiger partial charge in [-0.15, -0.1) is 0 Å². The Morgan fingerprint density at radius 3 is 1.76 bits per heavy atom. The molecular weight excluding hydrogens is 259 g/mol. The van der Waals surface area contributed by atoms with Crippen molar-refractivity contribution in [2.75, 3.05) is 0 Å². The Bertz CT molecular complexity index is 360. The molecule has 94 valence electrons. The minimum absolute atomic E-state index is 0.794. The van der Waals surface area contributed by atoms with Crippen molar-refractivity contribution in [2.24, 2.45) is 0 Å². The van der Waals surface area contributed by atoms with Crippen molar-refractivity contribution in [3.8, 4) is 6.07 Å². The molecule has 0 fully saturated rings. The lowest BCUT2D eigenvalue weighted by atomic mass is 10.4. The van der Waals surface area contributed by atoms with E-state index in [4.69, 9.17) is 26.8 Å². The minimum Gasteiger partial charge on any atom is -0.475 e. The van der Waals surface area contributed by atoms with Gasteiger partial charge < -0.3 is 5.11 Å². The van der Waals surface area contributed by atoms with Crippen LogP contribution in [0.25, 0.3) is 0 Å². The van der Waals surface area contributed by atoms with Gasteiger partial charge in [-0.1, -0.05) is 29.8 Å². The standard InChI is InChI=1S/C6H5Cl.C2HF3O2.C2H3N/c7-6-4-2-1-3-5-6;3-2(4,5)1(6)7;1-2-3/h1-5H;(H,6,7);1H3. The Hall–Kier alpha value is -1.74. The van der Waals surface area contributed by atoms with Crippen LogP contribution in [0.3, 0.4) is 0 Å². The second-order valence-corrected chi connectivity index (χ2v) is 2.76. The Balaban J connectivity index is 0. The third-order valence-corrected chi connectivity index (χ3v) is 1.23. The first kappa shape index (κ1) is 17.6. The van der Waals surface area contributed by atoms with Crippen molar-refractivity contribution in [3.05, 3.63) is 35.4 Å². The monoisotopic (exact) mass is 267 g/mol. The van der Waals surface area contributed by atoms with Crippen molar-refractivity contribution >= 4 is 17.6 Å². The van der Waals surface area contributed by atoms with Crippen molar-refractivity contribution in [3.63, 3.8) is 0 Å². The van der Waals surface area contributed by atoms with E-state index in [0.717, 1.165) is 5.02 Å². The highest BCUT2D eigenvalue weighted by atomic mass is 35.5. The summed E-state index contributed by atoms with van der Waals surface area (Å²) in [6, 6.07) is 11.2. The summed E-state index contributed by atoms with van der Waals surface area (Å²) in [5.74, 6) is -2.76. The first-order chi connectivity index (χ1) is 7.75. The van der Waals surface area contributed by atoms with Gasteiger partial charge in [-0.25, -0.2) is 4.79 Å².